The zero-order valence-corrected chi connectivity index (χ0v) is 13.6. The van der Waals surface area contributed by atoms with E-state index >= 15 is 0 Å². The minimum Gasteiger partial charge on any atom is -0.378 e. The third kappa shape index (κ3) is 6.86. The number of nitrogens with one attached hydrogen (secondary N) is 3. The van der Waals surface area contributed by atoms with Crippen LogP contribution in [0.3, 0.4) is 0 Å². The molecule has 0 aromatic heterocycles. The van der Waals surface area contributed by atoms with Crippen molar-refractivity contribution in [2.24, 2.45) is 0 Å². The number of hydrogen-bond acceptors (Lipinski definition) is 4. The average molecular weight is 315 g/mol. The molecule has 3 N–H and O–H groups in total. The van der Waals surface area contributed by atoms with E-state index in [-0.39, 0.29) is 25.0 Å². The highest BCUT2D eigenvalue weighted by Crippen LogP contribution is 1.95. The van der Waals surface area contributed by atoms with Gasteiger partial charge in [0.15, 0.2) is 13.1 Å². The van der Waals surface area contributed by atoms with Gasteiger partial charge in [-0.1, -0.05) is 6.92 Å². The lowest BCUT2D eigenvalue weighted by atomic mass is 10.3. The summed E-state index contributed by atoms with van der Waals surface area (Å²) in [5.41, 5.74) is 0. The van der Waals surface area contributed by atoms with E-state index in [4.69, 9.17) is 4.74 Å². The molecule has 1 rings (SSSR count). The monoisotopic (exact) mass is 315 g/mol. The molecule has 8 heteroatoms. The van der Waals surface area contributed by atoms with Crippen LogP contribution in [0.15, 0.2) is 0 Å². The van der Waals surface area contributed by atoms with Gasteiger partial charge in [0.25, 0.3) is 11.8 Å². The van der Waals surface area contributed by atoms with Gasteiger partial charge >= 0.3 is 6.03 Å². The zero-order chi connectivity index (χ0) is 16.5. The summed E-state index contributed by atoms with van der Waals surface area (Å²) in [6, 6.07) is -0.479. The van der Waals surface area contributed by atoms with Crippen molar-refractivity contribution >= 4 is 17.8 Å². The van der Waals surface area contributed by atoms with Crippen molar-refractivity contribution in [3.05, 3.63) is 0 Å². The summed E-state index contributed by atoms with van der Waals surface area (Å²) in [5, 5.41) is 4.93. The standard InChI is InChI=1S/C14H26N4O4/c1-4-11(2)15-14(21)16-12(19)9-17(3)10-13(20)18-5-7-22-8-6-18/h11H,4-10H2,1-3H3,(H2,15,16,19,21)/p+1/t11-/m1/s1. The van der Waals surface area contributed by atoms with Gasteiger partial charge in [0, 0.05) is 19.1 Å². The highest BCUT2D eigenvalue weighted by atomic mass is 16.5. The smallest absolute Gasteiger partial charge is 0.321 e. The normalized spacial score (nSPS) is 17.5. The highest BCUT2D eigenvalue weighted by molar-refractivity contribution is 5.94. The van der Waals surface area contributed by atoms with Gasteiger partial charge in [0.05, 0.1) is 20.3 Å². The molecule has 0 aliphatic carbocycles. The number of urea groups is 1. The van der Waals surface area contributed by atoms with Crippen molar-refractivity contribution < 1.29 is 24.0 Å². The van der Waals surface area contributed by atoms with Crippen molar-refractivity contribution in [1.29, 1.82) is 0 Å². The number of imide groups is 1. The van der Waals surface area contributed by atoms with E-state index < -0.39 is 11.9 Å². The van der Waals surface area contributed by atoms with Crippen LogP contribution >= 0.6 is 0 Å². The Morgan fingerprint density at radius 2 is 1.86 bits per heavy atom. The number of amides is 4. The zero-order valence-electron chi connectivity index (χ0n) is 13.6. The Hall–Kier alpha value is -1.67. The van der Waals surface area contributed by atoms with Gasteiger partial charge in [-0.15, -0.1) is 0 Å². The minimum absolute atomic E-state index is 0.00217. The van der Waals surface area contributed by atoms with Crippen LogP contribution in [0.4, 0.5) is 4.79 Å². The first kappa shape index (κ1) is 18.4. The fraction of sp³-hybridized carbons (Fsp3) is 0.786. The van der Waals surface area contributed by atoms with E-state index in [1.165, 1.54) is 0 Å². The van der Waals surface area contributed by atoms with Gasteiger partial charge in [-0.2, -0.15) is 0 Å². The molecule has 1 heterocycles. The average Bonchev–Trinajstić information content (AvgIpc) is 2.47. The third-order valence-corrected chi connectivity index (χ3v) is 3.52. The summed E-state index contributed by atoms with van der Waals surface area (Å²) in [4.78, 5) is 37.8. The second kappa shape index (κ2) is 9.37. The second-order valence-corrected chi connectivity index (χ2v) is 5.63. The number of hydrogen-bond donors (Lipinski definition) is 3. The number of carbonyl (C=O) groups excluding carboxylic acids is 3. The van der Waals surface area contributed by atoms with Gasteiger partial charge in [0.2, 0.25) is 0 Å². The first-order valence-corrected chi connectivity index (χ1v) is 7.69. The Morgan fingerprint density at radius 3 is 2.45 bits per heavy atom. The first-order chi connectivity index (χ1) is 10.4. The van der Waals surface area contributed by atoms with Crippen LogP contribution in [-0.2, 0) is 14.3 Å². The lowest BCUT2D eigenvalue weighted by molar-refractivity contribution is -0.862. The predicted molar refractivity (Wildman–Crippen MR) is 80.4 cm³/mol. The summed E-state index contributed by atoms with van der Waals surface area (Å²) in [6.45, 7) is 6.40. The number of ether oxygens (including phenoxy) is 1. The first-order valence-electron chi connectivity index (χ1n) is 7.69. The molecule has 8 nitrogen and oxygen atoms in total. The number of quaternary nitrogens is 1. The molecule has 4 amide bonds. The lowest BCUT2D eigenvalue weighted by Crippen LogP contribution is -3.11. The van der Waals surface area contributed by atoms with Gasteiger partial charge in [-0.25, -0.2) is 4.79 Å². The van der Waals surface area contributed by atoms with Crippen LogP contribution < -0.4 is 15.5 Å². The molecule has 2 atom stereocenters. The van der Waals surface area contributed by atoms with E-state index in [0.717, 1.165) is 11.3 Å². The van der Waals surface area contributed by atoms with Crippen LogP contribution in [0, 0.1) is 0 Å². The minimum atomic E-state index is -0.494. The molecule has 1 aliphatic heterocycles. The molecular weight excluding hydrogens is 288 g/mol. The fourth-order valence-corrected chi connectivity index (χ4v) is 2.05. The van der Waals surface area contributed by atoms with Gasteiger partial charge in [0.1, 0.15) is 0 Å². The summed E-state index contributed by atoms with van der Waals surface area (Å²) >= 11 is 0. The van der Waals surface area contributed by atoms with Crippen molar-refractivity contribution in [2.45, 2.75) is 26.3 Å². The Balaban J connectivity index is 2.28. The molecule has 0 saturated carbocycles. The summed E-state index contributed by atoms with van der Waals surface area (Å²) < 4.78 is 5.19. The molecule has 1 saturated heterocycles. The Kier molecular flexibility index (Phi) is 7.83. The largest absolute Gasteiger partial charge is 0.378 e. The number of carbonyl (C=O) groups is 3. The van der Waals surface area contributed by atoms with E-state index in [2.05, 4.69) is 10.6 Å². The van der Waals surface area contributed by atoms with E-state index in [9.17, 15) is 14.4 Å². The lowest BCUT2D eigenvalue weighted by Gasteiger charge is -2.27. The van der Waals surface area contributed by atoms with E-state index in [0.29, 0.717) is 26.3 Å². The Bertz CT molecular complexity index is 396. The molecule has 1 unspecified atom stereocenters. The molecule has 0 aromatic carbocycles. The number of nitrogens with zero attached hydrogens (tertiary/aromatic N) is 1. The molecule has 22 heavy (non-hydrogen) atoms. The summed E-state index contributed by atoms with van der Waals surface area (Å²) in [6.07, 6.45) is 0.792. The van der Waals surface area contributed by atoms with Gasteiger partial charge in [-0.3, -0.25) is 14.9 Å². The Morgan fingerprint density at radius 1 is 1.23 bits per heavy atom. The van der Waals surface area contributed by atoms with E-state index in [1.807, 2.05) is 13.8 Å². The maximum atomic E-state index is 12.0. The number of morpholine rings is 1. The van der Waals surface area contributed by atoms with Gasteiger partial charge < -0.3 is 19.9 Å². The van der Waals surface area contributed by atoms with Gasteiger partial charge in [-0.05, 0) is 13.3 Å². The molecule has 1 fully saturated rings. The fourth-order valence-electron chi connectivity index (χ4n) is 2.05. The predicted octanol–water partition coefficient (Wildman–Crippen LogP) is -2.02. The maximum Gasteiger partial charge on any atom is 0.321 e. The summed E-state index contributed by atoms with van der Waals surface area (Å²) in [7, 11) is 1.75. The van der Waals surface area contributed by atoms with Crippen molar-refractivity contribution in [3.63, 3.8) is 0 Å². The molecule has 0 bridgehead atoms. The van der Waals surface area contributed by atoms with Crippen LogP contribution in [-0.4, -0.2) is 75.2 Å². The van der Waals surface area contributed by atoms with Crippen molar-refractivity contribution in [2.75, 3.05) is 46.4 Å². The third-order valence-electron chi connectivity index (χ3n) is 3.52. The number of rotatable bonds is 6. The second-order valence-electron chi connectivity index (χ2n) is 5.63. The molecule has 0 aromatic rings. The highest BCUT2D eigenvalue weighted by Gasteiger charge is 2.22. The number of likely N-dealkylation sites (N-methyl/N-ethyl adjacent to an activating group) is 1. The van der Waals surface area contributed by atoms with Crippen LogP contribution in [0.1, 0.15) is 20.3 Å². The summed E-state index contributed by atoms with van der Waals surface area (Å²) in [5.74, 6) is -0.397. The van der Waals surface area contributed by atoms with Crippen LogP contribution in [0.2, 0.25) is 0 Å². The van der Waals surface area contributed by atoms with Crippen LogP contribution in [0.25, 0.3) is 0 Å². The molecular formula is C14H27N4O4+. The maximum absolute atomic E-state index is 12.0. The molecule has 126 valence electrons. The van der Waals surface area contributed by atoms with Crippen molar-refractivity contribution in [3.8, 4) is 0 Å². The van der Waals surface area contributed by atoms with E-state index in [1.54, 1.807) is 11.9 Å². The SMILES string of the molecule is CC[C@@H](C)NC(=O)NC(=O)C[NH+](C)CC(=O)N1CCOCC1. The topological polar surface area (TPSA) is 92.2 Å². The molecule has 1 aliphatic rings. The van der Waals surface area contributed by atoms with Crippen LogP contribution in [0.5, 0.6) is 0 Å². The Labute approximate surface area is 131 Å². The van der Waals surface area contributed by atoms with Crippen molar-refractivity contribution in [1.82, 2.24) is 15.5 Å². The molecule has 0 spiro atoms. The quantitative estimate of drug-likeness (QED) is 0.528. The molecule has 0 radical (unpaired) electrons.